The zero-order valence-electron chi connectivity index (χ0n) is 11.3. The highest BCUT2D eigenvalue weighted by atomic mass is 32.1. The second kappa shape index (κ2) is 4.83. The molecule has 1 unspecified atom stereocenters. The molecule has 4 nitrogen and oxygen atoms in total. The van der Waals surface area contributed by atoms with Gasteiger partial charge in [-0.3, -0.25) is 4.99 Å². The van der Waals surface area contributed by atoms with Crippen LogP contribution in [0.25, 0.3) is 0 Å². The molecule has 1 aliphatic rings. The van der Waals surface area contributed by atoms with Crippen LogP contribution in [0.3, 0.4) is 0 Å². The molecular formula is C15H17N3OS. The van der Waals surface area contributed by atoms with E-state index in [1.165, 1.54) is 4.88 Å². The van der Waals surface area contributed by atoms with Crippen molar-refractivity contribution in [1.29, 1.82) is 0 Å². The van der Waals surface area contributed by atoms with Gasteiger partial charge in [0.1, 0.15) is 5.75 Å². The standard InChI is InChI=1S/C15H17N3OS/c1-15(11-4-6-12(19)7-5-11)10-17-14(16)18(15)9-13-3-2-8-20-13/h2-8,19H,9-10H2,1H3,(H2,16,17). The molecule has 0 saturated heterocycles. The Balaban J connectivity index is 1.93. The van der Waals surface area contributed by atoms with Crippen molar-refractivity contribution in [1.82, 2.24) is 4.90 Å². The summed E-state index contributed by atoms with van der Waals surface area (Å²) in [4.78, 5) is 7.80. The van der Waals surface area contributed by atoms with Crippen LogP contribution in [0.2, 0.25) is 0 Å². The Morgan fingerprint density at radius 2 is 2.10 bits per heavy atom. The molecule has 20 heavy (non-hydrogen) atoms. The van der Waals surface area contributed by atoms with Crippen LogP contribution in [0, 0.1) is 0 Å². The number of hydrogen-bond acceptors (Lipinski definition) is 5. The van der Waals surface area contributed by atoms with Gasteiger partial charge in [0.05, 0.1) is 18.6 Å². The van der Waals surface area contributed by atoms with Crippen LogP contribution < -0.4 is 5.73 Å². The molecule has 0 fully saturated rings. The molecule has 3 rings (SSSR count). The molecule has 2 heterocycles. The second-order valence-corrected chi connectivity index (χ2v) is 6.19. The maximum atomic E-state index is 9.44. The van der Waals surface area contributed by atoms with E-state index in [1.807, 2.05) is 18.2 Å². The first-order valence-corrected chi connectivity index (χ1v) is 7.37. The Morgan fingerprint density at radius 3 is 2.75 bits per heavy atom. The quantitative estimate of drug-likeness (QED) is 0.911. The Hall–Kier alpha value is -2.01. The summed E-state index contributed by atoms with van der Waals surface area (Å²) in [5, 5.41) is 11.5. The van der Waals surface area contributed by atoms with Crippen molar-refractivity contribution < 1.29 is 5.11 Å². The van der Waals surface area contributed by atoms with Gasteiger partial charge < -0.3 is 15.7 Å². The molecule has 1 aromatic heterocycles. The van der Waals surface area contributed by atoms with Crippen molar-refractivity contribution in [2.45, 2.75) is 19.0 Å². The molecule has 1 atom stereocenters. The highest BCUT2D eigenvalue weighted by Gasteiger charge is 2.39. The normalized spacial score (nSPS) is 22.1. The first kappa shape index (κ1) is 13.0. The summed E-state index contributed by atoms with van der Waals surface area (Å²) in [6, 6.07) is 11.4. The van der Waals surface area contributed by atoms with Gasteiger partial charge >= 0.3 is 0 Å². The van der Waals surface area contributed by atoms with Gasteiger partial charge in [-0.1, -0.05) is 18.2 Å². The third-order valence-electron chi connectivity index (χ3n) is 3.80. The molecular weight excluding hydrogens is 270 g/mol. The van der Waals surface area contributed by atoms with Gasteiger partial charge in [-0.25, -0.2) is 0 Å². The van der Waals surface area contributed by atoms with E-state index in [4.69, 9.17) is 5.73 Å². The fourth-order valence-corrected chi connectivity index (χ4v) is 3.23. The third kappa shape index (κ3) is 2.14. The van der Waals surface area contributed by atoms with E-state index in [-0.39, 0.29) is 11.3 Å². The van der Waals surface area contributed by atoms with Crippen molar-refractivity contribution in [2.24, 2.45) is 10.7 Å². The molecule has 0 amide bonds. The molecule has 3 N–H and O–H groups in total. The van der Waals surface area contributed by atoms with Gasteiger partial charge in [0.25, 0.3) is 0 Å². The van der Waals surface area contributed by atoms with Gasteiger partial charge in [-0.2, -0.15) is 0 Å². The lowest BCUT2D eigenvalue weighted by atomic mass is 9.91. The van der Waals surface area contributed by atoms with E-state index in [1.54, 1.807) is 23.5 Å². The van der Waals surface area contributed by atoms with Crippen LogP contribution in [-0.4, -0.2) is 22.5 Å². The number of guanidine groups is 1. The van der Waals surface area contributed by atoms with Crippen molar-refractivity contribution in [3.8, 4) is 5.75 Å². The van der Waals surface area contributed by atoms with Crippen LogP contribution in [0.15, 0.2) is 46.8 Å². The summed E-state index contributed by atoms with van der Waals surface area (Å²) < 4.78 is 0. The molecule has 1 aliphatic heterocycles. The lowest BCUT2D eigenvalue weighted by Crippen LogP contribution is -2.46. The van der Waals surface area contributed by atoms with Crippen molar-refractivity contribution in [3.05, 3.63) is 52.2 Å². The summed E-state index contributed by atoms with van der Waals surface area (Å²) in [5.41, 5.74) is 6.91. The minimum Gasteiger partial charge on any atom is -0.508 e. The van der Waals surface area contributed by atoms with Gasteiger partial charge in [-0.05, 0) is 36.1 Å². The summed E-state index contributed by atoms with van der Waals surface area (Å²) >= 11 is 1.72. The van der Waals surface area contributed by atoms with Crippen LogP contribution in [0.4, 0.5) is 0 Å². The lowest BCUT2D eigenvalue weighted by Gasteiger charge is -2.36. The molecule has 0 bridgehead atoms. The monoisotopic (exact) mass is 287 g/mol. The zero-order chi connectivity index (χ0) is 14.2. The molecule has 104 valence electrons. The Morgan fingerprint density at radius 1 is 1.35 bits per heavy atom. The van der Waals surface area contributed by atoms with Crippen LogP contribution in [0.1, 0.15) is 17.4 Å². The highest BCUT2D eigenvalue weighted by Crippen LogP contribution is 2.35. The van der Waals surface area contributed by atoms with Crippen molar-refractivity contribution >= 4 is 17.3 Å². The smallest absolute Gasteiger partial charge is 0.192 e. The predicted molar refractivity (Wildman–Crippen MR) is 81.8 cm³/mol. The number of hydrogen-bond donors (Lipinski definition) is 2. The Labute approximate surface area is 122 Å². The number of aromatic hydroxyl groups is 1. The summed E-state index contributed by atoms with van der Waals surface area (Å²) in [6.45, 7) is 3.52. The summed E-state index contributed by atoms with van der Waals surface area (Å²) in [5.74, 6) is 0.850. The van der Waals surface area contributed by atoms with Crippen LogP contribution in [-0.2, 0) is 12.1 Å². The summed E-state index contributed by atoms with van der Waals surface area (Å²) in [6.07, 6.45) is 0. The average Bonchev–Trinajstić information content (AvgIpc) is 3.04. The maximum absolute atomic E-state index is 9.44. The van der Waals surface area contributed by atoms with E-state index in [2.05, 4.69) is 28.3 Å². The molecule has 0 radical (unpaired) electrons. The number of benzene rings is 1. The summed E-state index contributed by atoms with van der Waals surface area (Å²) in [7, 11) is 0. The molecule has 0 aliphatic carbocycles. The fraction of sp³-hybridized carbons (Fsp3) is 0.267. The first-order chi connectivity index (χ1) is 9.59. The van der Waals surface area contributed by atoms with Crippen molar-refractivity contribution in [3.63, 3.8) is 0 Å². The van der Waals surface area contributed by atoms with Gasteiger partial charge in [0.15, 0.2) is 5.96 Å². The van der Waals surface area contributed by atoms with E-state index in [0.29, 0.717) is 12.5 Å². The lowest BCUT2D eigenvalue weighted by molar-refractivity contribution is 0.219. The number of phenols is 1. The largest absolute Gasteiger partial charge is 0.508 e. The fourth-order valence-electron chi connectivity index (χ4n) is 2.54. The maximum Gasteiger partial charge on any atom is 0.192 e. The number of nitrogens with zero attached hydrogens (tertiary/aromatic N) is 2. The van der Waals surface area contributed by atoms with E-state index < -0.39 is 0 Å². The first-order valence-electron chi connectivity index (χ1n) is 6.49. The average molecular weight is 287 g/mol. The predicted octanol–water partition coefficient (Wildman–Crippen LogP) is 2.50. The number of aliphatic imine (C=N–C) groups is 1. The molecule has 0 saturated carbocycles. The number of thiophene rings is 1. The zero-order valence-corrected chi connectivity index (χ0v) is 12.1. The van der Waals surface area contributed by atoms with Crippen LogP contribution in [0.5, 0.6) is 5.75 Å². The number of rotatable bonds is 3. The van der Waals surface area contributed by atoms with E-state index in [9.17, 15) is 5.11 Å². The molecule has 2 aromatic rings. The molecule has 0 spiro atoms. The molecule has 5 heteroatoms. The Kier molecular flexibility index (Phi) is 3.14. The third-order valence-corrected chi connectivity index (χ3v) is 4.67. The SMILES string of the molecule is CC1(c2ccc(O)cc2)CN=C(N)N1Cc1cccs1. The van der Waals surface area contributed by atoms with E-state index >= 15 is 0 Å². The minimum atomic E-state index is -0.262. The Bertz CT molecular complexity index is 621. The second-order valence-electron chi connectivity index (χ2n) is 5.16. The van der Waals surface area contributed by atoms with Gasteiger partial charge in [0, 0.05) is 4.88 Å². The van der Waals surface area contributed by atoms with Crippen molar-refractivity contribution in [2.75, 3.05) is 6.54 Å². The molecule has 1 aromatic carbocycles. The highest BCUT2D eigenvalue weighted by molar-refractivity contribution is 7.09. The minimum absolute atomic E-state index is 0.262. The topological polar surface area (TPSA) is 61.9 Å². The van der Waals surface area contributed by atoms with Gasteiger partial charge in [-0.15, -0.1) is 11.3 Å². The van der Waals surface area contributed by atoms with E-state index in [0.717, 1.165) is 12.1 Å². The van der Waals surface area contributed by atoms with Gasteiger partial charge in [0.2, 0.25) is 0 Å². The van der Waals surface area contributed by atoms with Crippen LogP contribution >= 0.6 is 11.3 Å². The number of nitrogens with two attached hydrogens (primary N) is 1. The number of phenolic OH excluding ortho intramolecular Hbond substituents is 1.